The molecule has 0 radical (unpaired) electrons. The van der Waals surface area contributed by atoms with E-state index in [1.807, 2.05) is 54.6 Å². The van der Waals surface area contributed by atoms with Gasteiger partial charge in [-0.25, -0.2) is 9.78 Å². The summed E-state index contributed by atoms with van der Waals surface area (Å²) in [4.78, 5) is 18.2. The highest BCUT2D eigenvalue weighted by molar-refractivity contribution is 7.13. The Morgan fingerprint density at radius 3 is 2.68 bits per heavy atom. The summed E-state index contributed by atoms with van der Waals surface area (Å²) in [5.41, 5.74) is 2.28. The average molecular weight is 541 g/mol. The number of halogens is 1. The fourth-order valence-corrected chi connectivity index (χ4v) is 6.19. The molecule has 198 valence electrons. The third-order valence-electron chi connectivity index (χ3n) is 7.17. The molecule has 2 aromatic carbocycles. The molecule has 0 aliphatic heterocycles. The third kappa shape index (κ3) is 8.21. The Bertz CT molecular complexity index is 1110. The van der Waals surface area contributed by atoms with Gasteiger partial charge in [0.05, 0.1) is 17.0 Å². The summed E-state index contributed by atoms with van der Waals surface area (Å²) in [5.74, 6) is 2.18. The Balaban J connectivity index is 1.21. The zero-order valence-corrected chi connectivity index (χ0v) is 23.2. The van der Waals surface area contributed by atoms with Gasteiger partial charge in [0, 0.05) is 5.02 Å². The minimum Gasteiger partial charge on any atom is -0.494 e. The molecule has 1 aromatic heterocycles. The fourth-order valence-electron chi connectivity index (χ4n) is 5.26. The molecule has 4 rings (SSSR count). The van der Waals surface area contributed by atoms with Gasteiger partial charge in [0.1, 0.15) is 11.4 Å². The van der Waals surface area contributed by atoms with Crippen LogP contribution in [0.3, 0.4) is 0 Å². The smallest absolute Gasteiger partial charge is 0.413 e. The van der Waals surface area contributed by atoms with Crippen LogP contribution < -0.4 is 10.1 Å². The van der Waals surface area contributed by atoms with Gasteiger partial charge < -0.3 is 9.47 Å². The Hall–Kier alpha value is -2.57. The second-order valence-corrected chi connectivity index (χ2v) is 11.2. The number of hydrogen-bond donors (Lipinski definition) is 1. The van der Waals surface area contributed by atoms with E-state index in [0.717, 1.165) is 67.7 Å². The van der Waals surface area contributed by atoms with E-state index in [0.29, 0.717) is 16.8 Å². The number of hydrogen-bond acceptors (Lipinski definition) is 5. The summed E-state index contributed by atoms with van der Waals surface area (Å²) in [6.45, 7) is 2.93. The van der Waals surface area contributed by atoms with Crippen molar-refractivity contribution in [3.63, 3.8) is 0 Å². The van der Waals surface area contributed by atoms with E-state index in [1.54, 1.807) is 5.51 Å². The van der Waals surface area contributed by atoms with Crippen molar-refractivity contribution in [3.05, 3.63) is 65.1 Å². The van der Waals surface area contributed by atoms with Gasteiger partial charge >= 0.3 is 6.09 Å². The molecule has 0 bridgehead atoms. The number of thiazole rings is 1. The topological polar surface area (TPSA) is 60.5 Å². The maximum absolute atomic E-state index is 13.0. The van der Waals surface area contributed by atoms with Crippen LogP contribution in [0.25, 0.3) is 10.4 Å². The minimum absolute atomic E-state index is 0.384. The average Bonchev–Trinajstić information content (AvgIpc) is 3.36. The highest BCUT2D eigenvalue weighted by Gasteiger charge is 2.38. The number of carbonyl (C=O) groups excluding carboxylic acids is 1. The summed E-state index contributed by atoms with van der Waals surface area (Å²) in [5, 5.41) is 3.55. The van der Waals surface area contributed by atoms with E-state index in [9.17, 15) is 4.79 Å². The quantitative estimate of drug-likeness (QED) is 0.232. The SMILES string of the molecule is CCCC1(OC(=O)Nc2ncsc2-c2cccc(Cl)c2)CCC(CCCCCOc2ccccc2)CC1. The second-order valence-electron chi connectivity index (χ2n) is 9.94. The zero-order chi connectivity index (χ0) is 25.9. The maximum Gasteiger partial charge on any atom is 0.413 e. The van der Waals surface area contributed by atoms with Gasteiger partial charge in [-0.05, 0) is 74.3 Å². The molecule has 1 aliphatic carbocycles. The zero-order valence-electron chi connectivity index (χ0n) is 21.6. The van der Waals surface area contributed by atoms with Crippen molar-refractivity contribution in [1.82, 2.24) is 4.98 Å². The van der Waals surface area contributed by atoms with Crippen molar-refractivity contribution < 1.29 is 14.3 Å². The molecule has 37 heavy (non-hydrogen) atoms. The van der Waals surface area contributed by atoms with Crippen LogP contribution in [0.4, 0.5) is 10.6 Å². The lowest BCUT2D eigenvalue weighted by Gasteiger charge is -2.39. The Morgan fingerprint density at radius 1 is 1.11 bits per heavy atom. The predicted molar refractivity (Wildman–Crippen MR) is 153 cm³/mol. The van der Waals surface area contributed by atoms with E-state index >= 15 is 0 Å². The molecule has 3 aromatic rings. The van der Waals surface area contributed by atoms with Crippen LogP contribution in [0.2, 0.25) is 5.02 Å². The summed E-state index contributed by atoms with van der Waals surface area (Å²) < 4.78 is 11.9. The van der Waals surface area contributed by atoms with Gasteiger partial charge in [-0.2, -0.15) is 0 Å². The molecule has 0 saturated heterocycles. The van der Waals surface area contributed by atoms with Crippen molar-refractivity contribution in [2.45, 2.75) is 76.7 Å². The van der Waals surface area contributed by atoms with Gasteiger partial charge in [-0.3, -0.25) is 5.32 Å². The number of carbonyl (C=O) groups is 1. The lowest BCUT2D eigenvalue weighted by atomic mass is 9.75. The van der Waals surface area contributed by atoms with E-state index in [-0.39, 0.29) is 5.60 Å². The first kappa shape index (κ1) is 27.5. The number of para-hydroxylation sites is 1. The molecule has 0 atom stereocenters. The molecule has 0 unspecified atom stereocenters. The Morgan fingerprint density at radius 2 is 1.92 bits per heavy atom. The first-order chi connectivity index (χ1) is 18.1. The van der Waals surface area contributed by atoms with E-state index < -0.39 is 6.09 Å². The molecule has 1 heterocycles. The summed E-state index contributed by atoms with van der Waals surface area (Å²) in [6, 6.07) is 17.6. The number of unbranched alkanes of at least 4 members (excludes halogenated alkanes) is 2. The predicted octanol–water partition coefficient (Wildman–Crippen LogP) is 9.38. The molecule has 0 spiro atoms. The third-order valence-corrected chi connectivity index (χ3v) is 8.29. The van der Waals surface area contributed by atoms with Crippen molar-refractivity contribution in [2.75, 3.05) is 11.9 Å². The fraction of sp³-hybridized carbons (Fsp3) is 0.467. The van der Waals surface area contributed by atoms with Gasteiger partial charge in [-0.1, -0.05) is 74.5 Å². The highest BCUT2D eigenvalue weighted by atomic mass is 35.5. The van der Waals surface area contributed by atoms with Crippen molar-refractivity contribution in [2.24, 2.45) is 5.92 Å². The summed E-state index contributed by atoms with van der Waals surface area (Å²) in [6.07, 6.45) is 10.3. The standard InChI is InChI=1S/C30H37ClN2O3S/c1-2-17-30(36-29(34)33-28-27(37-22-32-28)24-11-9-12-25(31)21-24)18-15-23(16-19-30)10-5-4-8-20-35-26-13-6-3-7-14-26/h3,6-7,9,11-14,21-23H,2,4-5,8,10,15-20H2,1H3,(H,33,34). The van der Waals surface area contributed by atoms with E-state index in [1.165, 1.54) is 30.6 Å². The number of amides is 1. The van der Waals surface area contributed by atoms with Crippen molar-refractivity contribution in [1.29, 1.82) is 0 Å². The normalized spacial score (nSPS) is 19.4. The molecule has 1 N–H and O–H groups in total. The highest BCUT2D eigenvalue weighted by Crippen LogP contribution is 2.40. The largest absolute Gasteiger partial charge is 0.494 e. The van der Waals surface area contributed by atoms with Crippen LogP contribution in [0.5, 0.6) is 5.75 Å². The maximum atomic E-state index is 13.0. The summed E-state index contributed by atoms with van der Waals surface area (Å²) in [7, 11) is 0. The molecule has 1 amide bonds. The van der Waals surface area contributed by atoms with E-state index in [4.69, 9.17) is 21.1 Å². The number of rotatable bonds is 12. The van der Waals surface area contributed by atoms with Crippen LogP contribution >= 0.6 is 22.9 Å². The van der Waals surface area contributed by atoms with Crippen LogP contribution in [-0.2, 0) is 4.74 Å². The lowest BCUT2D eigenvalue weighted by Crippen LogP contribution is -2.40. The molecular formula is C30H37ClN2O3S. The molecule has 1 aliphatic rings. The Kier molecular flexibility index (Phi) is 10.3. The minimum atomic E-state index is -0.417. The summed E-state index contributed by atoms with van der Waals surface area (Å²) >= 11 is 7.63. The van der Waals surface area contributed by atoms with Crippen molar-refractivity contribution >= 4 is 34.8 Å². The van der Waals surface area contributed by atoms with Crippen molar-refractivity contribution in [3.8, 4) is 16.2 Å². The Labute approximate surface area is 229 Å². The van der Waals surface area contributed by atoms with Gasteiger partial charge in [-0.15, -0.1) is 11.3 Å². The lowest BCUT2D eigenvalue weighted by molar-refractivity contribution is -0.0280. The van der Waals surface area contributed by atoms with Crippen LogP contribution in [0.15, 0.2) is 60.1 Å². The van der Waals surface area contributed by atoms with Gasteiger partial charge in [0.2, 0.25) is 0 Å². The van der Waals surface area contributed by atoms with Crippen LogP contribution in [-0.4, -0.2) is 23.3 Å². The number of aromatic nitrogens is 1. The molecular weight excluding hydrogens is 504 g/mol. The number of nitrogens with one attached hydrogen (secondary N) is 1. The number of benzene rings is 2. The first-order valence-electron chi connectivity index (χ1n) is 13.4. The van der Waals surface area contributed by atoms with Crippen LogP contribution in [0.1, 0.15) is 71.1 Å². The van der Waals surface area contributed by atoms with Crippen LogP contribution in [0, 0.1) is 5.92 Å². The molecule has 1 fully saturated rings. The molecule has 5 nitrogen and oxygen atoms in total. The van der Waals surface area contributed by atoms with Gasteiger partial charge in [0.15, 0.2) is 5.82 Å². The number of anilines is 1. The molecule has 1 saturated carbocycles. The molecule has 7 heteroatoms. The van der Waals surface area contributed by atoms with Gasteiger partial charge in [0.25, 0.3) is 0 Å². The number of nitrogens with zero attached hydrogens (tertiary/aromatic N) is 1. The monoisotopic (exact) mass is 540 g/mol. The van der Waals surface area contributed by atoms with E-state index in [2.05, 4.69) is 17.2 Å². The number of ether oxygens (including phenoxy) is 2. The second kappa shape index (κ2) is 13.8. The first-order valence-corrected chi connectivity index (χ1v) is 14.7.